The number of thiazole rings is 1. The molecular formula is C23H23N5O3S. The number of benzene rings is 2. The summed E-state index contributed by atoms with van der Waals surface area (Å²) in [6.07, 6.45) is 2.23. The number of nitrogens with zero attached hydrogens (tertiary/aromatic N) is 3. The summed E-state index contributed by atoms with van der Waals surface area (Å²) in [4.78, 5) is 25.0. The molecule has 4 rings (SSSR count). The monoisotopic (exact) mass is 449 g/mol. The number of ether oxygens (including phenoxy) is 1. The second kappa shape index (κ2) is 9.52. The van der Waals surface area contributed by atoms with Gasteiger partial charge in [-0.25, -0.2) is 9.97 Å². The van der Waals surface area contributed by atoms with Crippen molar-refractivity contribution in [3.8, 4) is 22.9 Å². The van der Waals surface area contributed by atoms with Gasteiger partial charge in [0.15, 0.2) is 0 Å². The van der Waals surface area contributed by atoms with E-state index in [1.165, 1.54) is 0 Å². The Bertz CT molecular complexity index is 1240. The van der Waals surface area contributed by atoms with Crippen LogP contribution in [-0.4, -0.2) is 40.3 Å². The van der Waals surface area contributed by atoms with Gasteiger partial charge < -0.3 is 20.5 Å². The maximum atomic E-state index is 11.3. The fourth-order valence-electron chi connectivity index (χ4n) is 3.11. The van der Waals surface area contributed by atoms with Gasteiger partial charge in [-0.15, -0.1) is 0 Å². The van der Waals surface area contributed by atoms with Gasteiger partial charge in [0.05, 0.1) is 17.1 Å². The van der Waals surface area contributed by atoms with Crippen molar-refractivity contribution in [1.82, 2.24) is 15.0 Å². The van der Waals surface area contributed by atoms with Crippen LogP contribution in [0.4, 0.5) is 11.6 Å². The van der Waals surface area contributed by atoms with E-state index in [1.807, 2.05) is 66.5 Å². The van der Waals surface area contributed by atoms with E-state index in [9.17, 15) is 9.90 Å². The Morgan fingerprint density at radius 3 is 2.56 bits per heavy atom. The second-order valence-corrected chi connectivity index (χ2v) is 8.31. The first-order valence-corrected chi connectivity index (χ1v) is 10.8. The fraction of sp³-hybridized carbons (Fsp3) is 0.174. The summed E-state index contributed by atoms with van der Waals surface area (Å²) in [5, 5.41) is 9.71. The Labute approximate surface area is 189 Å². The molecule has 0 aliphatic heterocycles. The highest BCUT2D eigenvalue weighted by Gasteiger charge is 2.09. The van der Waals surface area contributed by atoms with E-state index in [4.69, 9.17) is 10.5 Å². The van der Waals surface area contributed by atoms with Gasteiger partial charge in [-0.1, -0.05) is 35.6 Å². The van der Waals surface area contributed by atoms with Crippen LogP contribution in [-0.2, 0) is 6.42 Å². The number of nitrogens with two attached hydrogens (primary N) is 1. The molecule has 8 nitrogen and oxygen atoms in total. The highest BCUT2D eigenvalue weighted by atomic mass is 32.1. The van der Waals surface area contributed by atoms with E-state index in [-0.39, 0.29) is 10.8 Å². The van der Waals surface area contributed by atoms with Crippen molar-refractivity contribution in [2.24, 2.45) is 0 Å². The summed E-state index contributed by atoms with van der Waals surface area (Å²) in [7, 11) is 1.92. The molecule has 4 aromatic rings. The average Bonchev–Trinajstić information content (AvgIpc) is 3.12. The average molecular weight is 450 g/mol. The van der Waals surface area contributed by atoms with Crippen molar-refractivity contribution >= 4 is 23.0 Å². The zero-order chi connectivity index (χ0) is 22.5. The molecule has 0 radical (unpaired) electrons. The van der Waals surface area contributed by atoms with E-state index in [2.05, 4.69) is 15.0 Å². The SMILES string of the molecule is CN(CCOc1ccc(Cc2sc(=O)[nH]c2O)cc1)c1nccc(-c2ccc(N)cc2)n1. The molecule has 2 heterocycles. The number of likely N-dealkylation sites (N-methyl/N-ethyl adjacent to an activating group) is 1. The molecule has 32 heavy (non-hydrogen) atoms. The third kappa shape index (κ3) is 5.25. The van der Waals surface area contributed by atoms with Crippen LogP contribution in [0.15, 0.2) is 65.6 Å². The Morgan fingerprint density at radius 1 is 1.12 bits per heavy atom. The molecule has 4 N–H and O–H groups in total. The number of nitrogen functional groups attached to an aromatic ring is 1. The van der Waals surface area contributed by atoms with Crippen molar-refractivity contribution < 1.29 is 9.84 Å². The van der Waals surface area contributed by atoms with E-state index < -0.39 is 0 Å². The number of aromatic nitrogens is 3. The highest BCUT2D eigenvalue weighted by Crippen LogP contribution is 2.22. The molecule has 9 heteroatoms. The van der Waals surface area contributed by atoms with Crippen LogP contribution in [0, 0.1) is 0 Å². The normalized spacial score (nSPS) is 10.8. The van der Waals surface area contributed by atoms with E-state index in [1.54, 1.807) is 6.20 Å². The number of aromatic hydroxyl groups is 1. The van der Waals surface area contributed by atoms with Crippen LogP contribution >= 0.6 is 11.3 Å². The van der Waals surface area contributed by atoms with Crippen molar-refractivity contribution in [1.29, 1.82) is 0 Å². The molecule has 0 spiro atoms. The lowest BCUT2D eigenvalue weighted by molar-refractivity contribution is 0.325. The number of hydrogen-bond donors (Lipinski definition) is 3. The molecule has 2 aromatic carbocycles. The van der Waals surface area contributed by atoms with Gasteiger partial charge in [0.1, 0.15) is 12.4 Å². The molecule has 2 aromatic heterocycles. The third-order valence-corrected chi connectivity index (χ3v) is 5.75. The highest BCUT2D eigenvalue weighted by molar-refractivity contribution is 7.09. The summed E-state index contributed by atoms with van der Waals surface area (Å²) in [5.41, 5.74) is 9.26. The van der Waals surface area contributed by atoms with Crippen LogP contribution in [0.2, 0.25) is 0 Å². The number of hydrogen-bond acceptors (Lipinski definition) is 8. The van der Waals surface area contributed by atoms with E-state index in [0.717, 1.165) is 33.9 Å². The van der Waals surface area contributed by atoms with Gasteiger partial charge in [-0.05, 0) is 35.9 Å². The minimum absolute atomic E-state index is 0.0638. The van der Waals surface area contributed by atoms with Crippen molar-refractivity contribution in [3.05, 3.63) is 80.9 Å². The molecule has 0 saturated heterocycles. The smallest absolute Gasteiger partial charge is 0.307 e. The van der Waals surface area contributed by atoms with Crippen molar-refractivity contribution in [3.63, 3.8) is 0 Å². The fourth-order valence-corrected chi connectivity index (χ4v) is 3.87. The molecule has 0 fully saturated rings. The van der Waals surface area contributed by atoms with Gasteiger partial charge in [-0.2, -0.15) is 0 Å². The topological polar surface area (TPSA) is 117 Å². The zero-order valence-electron chi connectivity index (χ0n) is 17.5. The number of nitrogens with one attached hydrogen (secondary N) is 1. The van der Waals surface area contributed by atoms with Gasteiger partial charge in [0.25, 0.3) is 0 Å². The van der Waals surface area contributed by atoms with Gasteiger partial charge in [-0.3, -0.25) is 9.78 Å². The first kappa shape index (κ1) is 21.4. The predicted octanol–water partition coefficient (Wildman–Crippen LogP) is 3.29. The number of rotatable bonds is 8. The summed E-state index contributed by atoms with van der Waals surface area (Å²) in [6.45, 7) is 1.07. The Balaban J connectivity index is 1.31. The lowest BCUT2D eigenvalue weighted by atomic mass is 10.1. The summed E-state index contributed by atoms with van der Waals surface area (Å²) >= 11 is 1.01. The van der Waals surface area contributed by atoms with Crippen LogP contribution in [0.5, 0.6) is 11.6 Å². The van der Waals surface area contributed by atoms with Crippen molar-refractivity contribution in [2.45, 2.75) is 6.42 Å². The molecule has 0 aliphatic carbocycles. The number of anilines is 2. The number of aromatic amines is 1. The summed E-state index contributed by atoms with van der Waals surface area (Å²) in [6, 6.07) is 17.0. The quantitative estimate of drug-likeness (QED) is 0.353. The maximum absolute atomic E-state index is 11.3. The molecule has 0 saturated carbocycles. The van der Waals surface area contributed by atoms with Crippen LogP contribution in [0.25, 0.3) is 11.3 Å². The third-order valence-electron chi connectivity index (χ3n) is 4.87. The van der Waals surface area contributed by atoms with E-state index in [0.29, 0.717) is 36.1 Å². The molecule has 0 amide bonds. The molecule has 164 valence electrons. The molecule has 0 atom stereocenters. The van der Waals surface area contributed by atoms with Gasteiger partial charge in [0, 0.05) is 30.9 Å². The van der Waals surface area contributed by atoms with Gasteiger partial charge in [0.2, 0.25) is 11.8 Å². The lowest BCUT2D eigenvalue weighted by Crippen LogP contribution is -2.25. The largest absolute Gasteiger partial charge is 0.494 e. The Kier molecular flexibility index (Phi) is 6.37. The zero-order valence-corrected chi connectivity index (χ0v) is 18.3. The molecule has 0 aliphatic rings. The molecule has 0 unspecified atom stereocenters. The Morgan fingerprint density at radius 2 is 1.88 bits per heavy atom. The minimum atomic E-state index is -0.260. The van der Waals surface area contributed by atoms with E-state index >= 15 is 0 Å². The van der Waals surface area contributed by atoms with Gasteiger partial charge >= 0.3 is 4.87 Å². The summed E-state index contributed by atoms with van der Waals surface area (Å²) < 4.78 is 5.85. The maximum Gasteiger partial charge on any atom is 0.307 e. The van der Waals surface area contributed by atoms with Crippen molar-refractivity contribution in [2.75, 3.05) is 30.8 Å². The first-order valence-electron chi connectivity index (χ1n) is 10.0. The number of H-pyrrole nitrogens is 1. The standard InChI is InChI=1S/C23H23N5O3S/c1-28(22-25-11-10-19(26-22)16-4-6-17(24)7-5-16)12-13-31-18-8-2-15(3-9-18)14-20-21(29)27-23(30)32-20/h2-11,29H,12-14,24H2,1H3,(H,27,30). The molecular weight excluding hydrogens is 426 g/mol. The lowest BCUT2D eigenvalue weighted by Gasteiger charge is -2.18. The Hall–Kier alpha value is -3.85. The first-order chi connectivity index (χ1) is 15.5. The van der Waals surface area contributed by atoms with Crippen LogP contribution in [0.3, 0.4) is 0 Å². The van der Waals surface area contributed by atoms with Crippen LogP contribution in [0.1, 0.15) is 10.4 Å². The predicted molar refractivity (Wildman–Crippen MR) is 126 cm³/mol. The second-order valence-electron chi connectivity index (χ2n) is 7.24. The minimum Gasteiger partial charge on any atom is -0.494 e. The summed E-state index contributed by atoms with van der Waals surface area (Å²) in [5.74, 6) is 1.29. The molecule has 0 bridgehead atoms. The van der Waals surface area contributed by atoms with Crippen LogP contribution < -0.4 is 20.2 Å².